The molecule has 0 unspecified atom stereocenters. The van der Waals surface area contributed by atoms with E-state index in [1.807, 2.05) is 19.1 Å². The van der Waals surface area contributed by atoms with Crippen LogP contribution in [0.25, 0.3) is 0 Å². The highest BCUT2D eigenvalue weighted by Gasteiger charge is 2.39. The van der Waals surface area contributed by atoms with Gasteiger partial charge in [-0.15, -0.1) is 6.58 Å². The first-order valence-corrected chi connectivity index (χ1v) is 10.3. The Morgan fingerprint density at radius 1 is 1.09 bits per heavy atom. The highest BCUT2D eigenvalue weighted by Crippen LogP contribution is 2.32. The minimum absolute atomic E-state index is 0.0514. The molecule has 0 aromatic heterocycles. The molecule has 164 valence electrons. The van der Waals surface area contributed by atoms with E-state index in [0.29, 0.717) is 41.0 Å². The van der Waals surface area contributed by atoms with Gasteiger partial charge in [-0.3, -0.25) is 4.79 Å². The second-order valence-corrected chi connectivity index (χ2v) is 7.09. The van der Waals surface area contributed by atoms with Gasteiger partial charge >= 0.3 is 0 Å². The minimum Gasteiger partial charge on any atom is -0.504 e. The quantitative estimate of drug-likeness (QED) is 0.273. The lowest BCUT2D eigenvalue weighted by atomic mass is 9.85. The third-order valence-corrected chi connectivity index (χ3v) is 4.93. The molecule has 0 fully saturated rings. The van der Waals surface area contributed by atoms with Gasteiger partial charge in [0.05, 0.1) is 12.8 Å². The molecule has 32 heavy (non-hydrogen) atoms. The largest absolute Gasteiger partial charge is 0.504 e. The molecule has 3 aromatic carbocycles. The molecular formula is C26H26N2O4. The number of hydrogen-bond donors (Lipinski definition) is 3. The van der Waals surface area contributed by atoms with Crippen molar-refractivity contribution in [3.8, 4) is 11.5 Å². The maximum Gasteiger partial charge on any atom is 0.281 e. The Morgan fingerprint density at radius 3 is 2.22 bits per heavy atom. The van der Waals surface area contributed by atoms with Crippen LogP contribution < -0.4 is 10.2 Å². The molecule has 0 aliphatic rings. The maximum absolute atomic E-state index is 13.1. The van der Waals surface area contributed by atoms with Crippen molar-refractivity contribution in [3.05, 3.63) is 108 Å². The van der Waals surface area contributed by atoms with Crippen molar-refractivity contribution in [3.63, 3.8) is 0 Å². The van der Waals surface area contributed by atoms with Crippen LogP contribution in [0.15, 0.2) is 90.6 Å². The number of benzene rings is 3. The lowest BCUT2D eigenvalue weighted by Crippen LogP contribution is -2.43. The lowest BCUT2D eigenvalue weighted by Gasteiger charge is -2.27. The van der Waals surface area contributed by atoms with Crippen molar-refractivity contribution in [2.24, 2.45) is 5.10 Å². The van der Waals surface area contributed by atoms with Gasteiger partial charge in [0.2, 0.25) is 0 Å². The van der Waals surface area contributed by atoms with Gasteiger partial charge in [0.1, 0.15) is 0 Å². The molecule has 3 N–H and O–H groups in total. The third-order valence-electron chi connectivity index (χ3n) is 4.93. The van der Waals surface area contributed by atoms with Gasteiger partial charge in [-0.1, -0.05) is 66.7 Å². The average Bonchev–Trinajstić information content (AvgIpc) is 2.82. The van der Waals surface area contributed by atoms with E-state index in [1.54, 1.807) is 66.7 Å². The smallest absolute Gasteiger partial charge is 0.281 e. The summed E-state index contributed by atoms with van der Waals surface area (Å²) in [6, 6.07) is 20.8. The predicted molar refractivity (Wildman–Crippen MR) is 125 cm³/mol. The van der Waals surface area contributed by atoms with E-state index >= 15 is 0 Å². The molecule has 0 bridgehead atoms. The number of aliphatic hydroxyl groups is 1. The molecule has 1 amide bonds. The summed E-state index contributed by atoms with van der Waals surface area (Å²) in [4.78, 5) is 13.1. The third kappa shape index (κ3) is 4.87. The zero-order valence-corrected chi connectivity index (χ0v) is 17.9. The predicted octanol–water partition coefficient (Wildman–Crippen LogP) is 3.91. The van der Waals surface area contributed by atoms with Crippen molar-refractivity contribution in [2.45, 2.75) is 18.9 Å². The summed E-state index contributed by atoms with van der Waals surface area (Å²) in [5, 5.41) is 25.8. The van der Waals surface area contributed by atoms with E-state index in [4.69, 9.17) is 4.74 Å². The number of rotatable bonds is 9. The molecule has 6 heteroatoms. The van der Waals surface area contributed by atoms with Gasteiger partial charge in [-0.2, -0.15) is 5.10 Å². The van der Waals surface area contributed by atoms with Crippen LogP contribution in [0.2, 0.25) is 0 Å². The van der Waals surface area contributed by atoms with E-state index < -0.39 is 11.5 Å². The van der Waals surface area contributed by atoms with E-state index in [0.717, 1.165) is 0 Å². The number of allylic oxidation sites excluding steroid dienone is 1. The summed E-state index contributed by atoms with van der Waals surface area (Å²) in [6.45, 7) is 5.91. The van der Waals surface area contributed by atoms with Gasteiger partial charge in [-0.25, -0.2) is 5.43 Å². The molecule has 0 saturated heterocycles. The molecule has 0 radical (unpaired) electrons. The van der Waals surface area contributed by atoms with Gasteiger partial charge in [-0.05, 0) is 42.2 Å². The van der Waals surface area contributed by atoms with E-state index in [2.05, 4.69) is 17.1 Å². The highest BCUT2D eigenvalue weighted by atomic mass is 16.5. The molecule has 0 atom stereocenters. The van der Waals surface area contributed by atoms with E-state index in [1.165, 1.54) is 6.21 Å². The highest BCUT2D eigenvalue weighted by molar-refractivity contribution is 5.91. The number of aromatic hydroxyl groups is 1. The van der Waals surface area contributed by atoms with Gasteiger partial charge in [0.15, 0.2) is 17.1 Å². The fourth-order valence-electron chi connectivity index (χ4n) is 3.37. The number of carbonyl (C=O) groups is 1. The number of hydrazone groups is 1. The van der Waals surface area contributed by atoms with Crippen LogP contribution in [0, 0.1) is 0 Å². The van der Waals surface area contributed by atoms with Crippen LogP contribution in [0.5, 0.6) is 11.5 Å². The van der Waals surface area contributed by atoms with Crippen molar-refractivity contribution in [2.75, 3.05) is 6.61 Å². The van der Waals surface area contributed by atoms with Gasteiger partial charge in [0.25, 0.3) is 5.91 Å². The fourth-order valence-corrected chi connectivity index (χ4v) is 3.37. The molecular weight excluding hydrogens is 404 g/mol. The van der Waals surface area contributed by atoms with E-state index in [-0.39, 0.29) is 5.75 Å². The summed E-state index contributed by atoms with van der Waals surface area (Å²) in [7, 11) is 0. The Bertz CT molecular complexity index is 1060. The Kier molecular flexibility index (Phi) is 7.41. The first-order chi connectivity index (χ1) is 15.5. The molecule has 0 heterocycles. The van der Waals surface area contributed by atoms with Crippen molar-refractivity contribution >= 4 is 12.1 Å². The summed E-state index contributed by atoms with van der Waals surface area (Å²) in [5.74, 6) is -0.318. The van der Waals surface area contributed by atoms with Crippen LogP contribution in [0.3, 0.4) is 0 Å². The molecule has 6 nitrogen and oxygen atoms in total. The Morgan fingerprint density at radius 2 is 1.69 bits per heavy atom. The lowest BCUT2D eigenvalue weighted by molar-refractivity contribution is -0.136. The minimum atomic E-state index is -1.92. The number of phenols is 1. The van der Waals surface area contributed by atoms with Crippen LogP contribution in [-0.2, 0) is 16.8 Å². The van der Waals surface area contributed by atoms with Crippen LogP contribution in [-0.4, -0.2) is 28.9 Å². The van der Waals surface area contributed by atoms with Gasteiger partial charge < -0.3 is 14.9 Å². The van der Waals surface area contributed by atoms with E-state index in [9.17, 15) is 15.0 Å². The average molecular weight is 431 g/mol. The number of amides is 1. The Hall–Kier alpha value is -3.90. The topological polar surface area (TPSA) is 91.2 Å². The maximum atomic E-state index is 13.1. The number of hydrogen-bond acceptors (Lipinski definition) is 5. The van der Waals surface area contributed by atoms with Crippen LogP contribution >= 0.6 is 0 Å². The normalized spacial score (nSPS) is 11.3. The number of nitrogens with one attached hydrogen (secondary N) is 1. The molecule has 0 saturated carbocycles. The first kappa shape index (κ1) is 22.8. The molecule has 0 aliphatic heterocycles. The molecule has 3 rings (SSSR count). The Labute approximate surface area is 187 Å². The standard InChI is InChI=1S/C26H26N2O4/c1-3-11-20-16-19(17-23(24(20)29)32-4-2)18-27-28-25(30)26(31,21-12-7-5-8-13-21)22-14-9-6-10-15-22/h3,5-10,12-18,29,31H,1,4,11H2,2H3,(H,28,30)/b27-18-. The molecule has 0 aliphatic carbocycles. The summed E-state index contributed by atoms with van der Waals surface area (Å²) >= 11 is 0. The summed E-state index contributed by atoms with van der Waals surface area (Å²) in [6.07, 6.45) is 3.55. The first-order valence-electron chi connectivity index (χ1n) is 10.3. The van der Waals surface area contributed by atoms with Crippen molar-refractivity contribution in [1.82, 2.24) is 5.43 Å². The molecule has 3 aromatic rings. The monoisotopic (exact) mass is 430 g/mol. The SMILES string of the molecule is C=CCc1cc(/C=N\NC(=O)C(O)(c2ccccc2)c2ccccc2)cc(OCC)c1O. The number of phenolic OH excluding ortho intramolecular Hbond substituents is 1. The summed E-state index contributed by atoms with van der Waals surface area (Å²) in [5.41, 5.74) is 2.62. The molecule has 0 spiro atoms. The summed E-state index contributed by atoms with van der Waals surface area (Å²) < 4.78 is 5.49. The van der Waals surface area contributed by atoms with Crippen LogP contribution in [0.4, 0.5) is 0 Å². The zero-order chi connectivity index (χ0) is 23.0. The zero-order valence-electron chi connectivity index (χ0n) is 17.9. The second kappa shape index (κ2) is 10.4. The Balaban J connectivity index is 1.89. The van der Waals surface area contributed by atoms with Gasteiger partial charge in [0, 0.05) is 5.56 Å². The van der Waals surface area contributed by atoms with Crippen molar-refractivity contribution < 1.29 is 19.7 Å². The van der Waals surface area contributed by atoms with Crippen LogP contribution in [0.1, 0.15) is 29.2 Å². The van der Waals surface area contributed by atoms with Crippen molar-refractivity contribution in [1.29, 1.82) is 0 Å². The number of ether oxygens (including phenoxy) is 1. The number of carbonyl (C=O) groups excluding carboxylic acids is 1. The fraction of sp³-hybridized carbons (Fsp3) is 0.154. The second-order valence-electron chi connectivity index (χ2n) is 7.09. The number of nitrogens with zero attached hydrogens (tertiary/aromatic N) is 1.